The van der Waals surface area contributed by atoms with Gasteiger partial charge in [-0.05, 0) is 30.4 Å². The number of aliphatic carboxylic acids is 1. The number of nitrogens with one attached hydrogen (secondary N) is 1. The molecule has 0 atom stereocenters. The van der Waals surface area contributed by atoms with E-state index in [4.69, 9.17) is 4.74 Å². The van der Waals surface area contributed by atoms with Crippen molar-refractivity contribution >= 4 is 34.2 Å². The Balaban J connectivity index is 2.42. The third kappa shape index (κ3) is 4.95. The van der Waals surface area contributed by atoms with E-state index in [0.717, 1.165) is 10.4 Å². The first-order chi connectivity index (χ1) is 12.7. The summed E-state index contributed by atoms with van der Waals surface area (Å²) < 4.78 is 4.91. The van der Waals surface area contributed by atoms with E-state index in [9.17, 15) is 19.5 Å². The largest absolute Gasteiger partial charge is 0.550 e. The molecular formula is C20H22NO5S-. The van der Waals surface area contributed by atoms with Crippen LogP contribution in [0.5, 0.6) is 0 Å². The van der Waals surface area contributed by atoms with Crippen molar-refractivity contribution in [3.63, 3.8) is 0 Å². The summed E-state index contributed by atoms with van der Waals surface area (Å²) in [5, 5.41) is 13.5. The number of amides is 1. The molecule has 6 nitrogen and oxygen atoms in total. The number of benzene rings is 1. The number of rotatable bonds is 7. The molecule has 2 rings (SSSR count). The number of aryl methyl sites for hydroxylation is 1. The van der Waals surface area contributed by atoms with Crippen LogP contribution in [0, 0.1) is 6.92 Å². The highest BCUT2D eigenvalue weighted by atomic mass is 32.1. The van der Waals surface area contributed by atoms with Crippen LogP contribution in [0.1, 0.15) is 53.4 Å². The molecule has 144 valence electrons. The van der Waals surface area contributed by atoms with Crippen LogP contribution in [-0.4, -0.2) is 25.0 Å². The molecule has 0 aliphatic carbocycles. The van der Waals surface area contributed by atoms with Crippen LogP contribution in [0.3, 0.4) is 0 Å². The SMILES string of the molecule is COC(=O)c1c(NC(=O)CCC(=O)[O-])sc(C)c1-c1ccc(C(C)C)cc1. The summed E-state index contributed by atoms with van der Waals surface area (Å²) in [7, 11) is 1.28. The van der Waals surface area contributed by atoms with Crippen LogP contribution in [0.2, 0.25) is 0 Å². The molecule has 0 saturated carbocycles. The molecule has 27 heavy (non-hydrogen) atoms. The molecule has 1 N–H and O–H groups in total. The molecule has 0 spiro atoms. The summed E-state index contributed by atoms with van der Waals surface area (Å²) in [4.78, 5) is 35.8. The zero-order valence-corrected chi connectivity index (χ0v) is 16.6. The maximum atomic E-state index is 12.4. The molecule has 7 heteroatoms. The molecule has 0 bridgehead atoms. The number of hydrogen-bond acceptors (Lipinski definition) is 6. The third-order valence-electron chi connectivity index (χ3n) is 4.15. The number of esters is 1. The number of ether oxygens (including phenoxy) is 1. The smallest absolute Gasteiger partial charge is 0.341 e. The second-order valence-electron chi connectivity index (χ2n) is 6.43. The van der Waals surface area contributed by atoms with Gasteiger partial charge in [-0.15, -0.1) is 11.3 Å². The van der Waals surface area contributed by atoms with E-state index in [1.165, 1.54) is 24.0 Å². The van der Waals surface area contributed by atoms with Gasteiger partial charge in [0, 0.05) is 22.8 Å². The predicted octanol–water partition coefficient (Wildman–Crippen LogP) is 3.10. The van der Waals surface area contributed by atoms with Crippen LogP contribution in [0.25, 0.3) is 11.1 Å². The van der Waals surface area contributed by atoms with Gasteiger partial charge in [0.25, 0.3) is 0 Å². The van der Waals surface area contributed by atoms with Gasteiger partial charge in [-0.25, -0.2) is 4.79 Å². The van der Waals surface area contributed by atoms with Crippen molar-refractivity contribution in [1.29, 1.82) is 0 Å². The van der Waals surface area contributed by atoms with Crippen molar-refractivity contribution < 1.29 is 24.2 Å². The van der Waals surface area contributed by atoms with Crippen molar-refractivity contribution in [3.05, 3.63) is 40.3 Å². The Morgan fingerprint density at radius 2 is 1.78 bits per heavy atom. The van der Waals surface area contributed by atoms with Crippen LogP contribution in [0.15, 0.2) is 24.3 Å². The number of carboxylic acids is 1. The van der Waals surface area contributed by atoms with E-state index in [2.05, 4.69) is 19.2 Å². The first-order valence-corrected chi connectivity index (χ1v) is 9.38. The minimum Gasteiger partial charge on any atom is -0.550 e. The van der Waals surface area contributed by atoms with Crippen molar-refractivity contribution in [2.24, 2.45) is 0 Å². The monoisotopic (exact) mass is 388 g/mol. The Morgan fingerprint density at radius 3 is 2.30 bits per heavy atom. The molecule has 0 aliphatic heterocycles. The highest BCUT2D eigenvalue weighted by molar-refractivity contribution is 7.17. The second-order valence-corrected chi connectivity index (χ2v) is 7.65. The number of hydrogen-bond donors (Lipinski definition) is 1. The lowest BCUT2D eigenvalue weighted by atomic mass is 9.97. The highest BCUT2D eigenvalue weighted by Crippen LogP contribution is 2.40. The highest BCUT2D eigenvalue weighted by Gasteiger charge is 2.25. The number of thiophene rings is 1. The number of anilines is 1. The lowest BCUT2D eigenvalue weighted by Gasteiger charge is -2.10. The average molecular weight is 388 g/mol. The van der Waals surface area contributed by atoms with Gasteiger partial charge >= 0.3 is 5.97 Å². The summed E-state index contributed by atoms with van der Waals surface area (Å²) in [6.45, 7) is 6.07. The fraction of sp³-hybridized carbons (Fsp3) is 0.350. The molecular weight excluding hydrogens is 366 g/mol. The first kappa shape index (κ1) is 20.6. The molecule has 0 saturated heterocycles. The zero-order chi connectivity index (χ0) is 20.1. The van der Waals surface area contributed by atoms with E-state index < -0.39 is 17.8 Å². The van der Waals surface area contributed by atoms with Gasteiger partial charge in [-0.2, -0.15) is 0 Å². The third-order valence-corrected chi connectivity index (χ3v) is 5.17. The lowest BCUT2D eigenvalue weighted by molar-refractivity contribution is -0.305. The fourth-order valence-electron chi connectivity index (χ4n) is 2.72. The Kier molecular flexibility index (Phi) is 6.74. The van der Waals surface area contributed by atoms with Crippen molar-refractivity contribution in [2.75, 3.05) is 12.4 Å². The molecule has 1 heterocycles. The first-order valence-electron chi connectivity index (χ1n) is 8.56. The maximum absolute atomic E-state index is 12.4. The number of methoxy groups -OCH3 is 1. The number of carboxylic acid groups (broad SMARTS) is 1. The quantitative estimate of drug-likeness (QED) is 0.735. The summed E-state index contributed by atoms with van der Waals surface area (Å²) in [6, 6.07) is 7.91. The van der Waals surface area contributed by atoms with Gasteiger partial charge in [0.05, 0.1) is 7.11 Å². The second kappa shape index (κ2) is 8.81. The standard InChI is InChI=1S/C20H23NO5S/c1-11(2)13-5-7-14(8-6-13)17-12(3)27-19(18(17)20(25)26-4)21-15(22)9-10-16(23)24/h5-8,11H,9-10H2,1-4H3,(H,21,22)(H,23,24)/p-1. The molecule has 1 aromatic heterocycles. The van der Waals surface area contributed by atoms with Gasteiger partial charge in [-0.3, -0.25) is 4.79 Å². The van der Waals surface area contributed by atoms with Crippen LogP contribution >= 0.6 is 11.3 Å². The lowest BCUT2D eigenvalue weighted by Crippen LogP contribution is -2.24. The Labute approximate surface area is 162 Å². The minimum atomic E-state index is -1.30. The average Bonchev–Trinajstić information content (AvgIpc) is 2.95. The number of carbonyl (C=O) groups excluding carboxylic acids is 3. The van der Waals surface area contributed by atoms with E-state index >= 15 is 0 Å². The minimum absolute atomic E-state index is 0.224. The van der Waals surface area contributed by atoms with Gasteiger partial charge < -0.3 is 20.0 Å². The van der Waals surface area contributed by atoms with E-state index in [1.54, 1.807) is 0 Å². The summed E-state index contributed by atoms with van der Waals surface area (Å²) >= 11 is 1.26. The molecule has 2 aromatic rings. The van der Waals surface area contributed by atoms with E-state index in [-0.39, 0.29) is 18.4 Å². The van der Waals surface area contributed by atoms with Crippen LogP contribution in [0.4, 0.5) is 5.00 Å². The van der Waals surface area contributed by atoms with E-state index in [0.29, 0.717) is 16.5 Å². The Morgan fingerprint density at radius 1 is 1.15 bits per heavy atom. The summed E-state index contributed by atoms with van der Waals surface area (Å²) in [5.41, 5.74) is 3.02. The zero-order valence-electron chi connectivity index (χ0n) is 15.8. The predicted molar refractivity (Wildman–Crippen MR) is 103 cm³/mol. The molecule has 0 radical (unpaired) electrons. The Hall–Kier alpha value is -2.67. The van der Waals surface area contributed by atoms with Gasteiger partial charge in [0.2, 0.25) is 5.91 Å². The van der Waals surface area contributed by atoms with Crippen molar-refractivity contribution in [1.82, 2.24) is 0 Å². The maximum Gasteiger partial charge on any atom is 0.341 e. The normalized spacial score (nSPS) is 10.7. The van der Waals surface area contributed by atoms with Gasteiger partial charge in [-0.1, -0.05) is 38.1 Å². The molecule has 0 aliphatic rings. The topological polar surface area (TPSA) is 95.5 Å². The Bertz CT molecular complexity index is 852. The summed E-state index contributed by atoms with van der Waals surface area (Å²) in [5.74, 6) is -1.96. The molecule has 0 fully saturated rings. The van der Waals surface area contributed by atoms with Crippen molar-refractivity contribution in [3.8, 4) is 11.1 Å². The van der Waals surface area contributed by atoms with Crippen LogP contribution in [-0.2, 0) is 14.3 Å². The molecule has 1 aromatic carbocycles. The van der Waals surface area contributed by atoms with Gasteiger partial charge in [0.1, 0.15) is 10.6 Å². The number of carbonyl (C=O) groups is 3. The fourth-order valence-corrected chi connectivity index (χ4v) is 3.80. The van der Waals surface area contributed by atoms with Crippen LogP contribution < -0.4 is 10.4 Å². The molecule has 0 unspecified atom stereocenters. The van der Waals surface area contributed by atoms with Gasteiger partial charge in [0.15, 0.2) is 0 Å². The van der Waals surface area contributed by atoms with E-state index in [1.807, 2.05) is 31.2 Å². The van der Waals surface area contributed by atoms with Crippen molar-refractivity contribution in [2.45, 2.75) is 39.5 Å². The summed E-state index contributed by atoms with van der Waals surface area (Å²) in [6.07, 6.45) is -0.606. The molecule has 1 amide bonds.